The summed E-state index contributed by atoms with van der Waals surface area (Å²) in [5.41, 5.74) is -0.101. The van der Waals surface area contributed by atoms with Gasteiger partial charge in [0.05, 0.1) is 5.92 Å². The highest BCUT2D eigenvalue weighted by Crippen LogP contribution is 2.25. The molecule has 7 heteroatoms. The Morgan fingerprint density at radius 2 is 1.84 bits per heavy atom. The van der Waals surface area contributed by atoms with Crippen LogP contribution < -0.4 is 5.69 Å². The van der Waals surface area contributed by atoms with Gasteiger partial charge in [-0.05, 0) is 25.7 Å². The Kier molecular flexibility index (Phi) is 4.67. The molecular formula is C18H29N5O2. The van der Waals surface area contributed by atoms with Crippen LogP contribution in [-0.2, 0) is 24.8 Å². The maximum absolute atomic E-state index is 13.0. The fourth-order valence-electron chi connectivity index (χ4n) is 4.79. The van der Waals surface area contributed by atoms with Crippen molar-refractivity contribution in [3.63, 3.8) is 0 Å². The molecule has 3 aliphatic rings. The largest absolute Gasteiger partial charge is 0.345 e. The summed E-state index contributed by atoms with van der Waals surface area (Å²) in [6.45, 7) is 4.30. The van der Waals surface area contributed by atoms with Gasteiger partial charge in [0.1, 0.15) is 5.82 Å². The lowest BCUT2D eigenvalue weighted by Gasteiger charge is -2.29. The number of carbonyl (C=O) groups is 1. The van der Waals surface area contributed by atoms with Crippen LogP contribution in [0.25, 0.3) is 0 Å². The van der Waals surface area contributed by atoms with Crippen LogP contribution in [0.15, 0.2) is 4.79 Å². The molecule has 1 aromatic heterocycles. The zero-order valence-corrected chi connectivity index (χ0v) is 15.2. The molecule has 1 aromatic rings. The van der Waals surface area contributed by atoms with Crippen LogP contribution in [0.1, 0.15) is 44.3 Å². The van der Waals surface area contributed by atoms with E-state index < -0.39 is 0 Å². The van der Waals surface area contributed by atoms with Gasteiger partial charge in [-0.1, -0.05) is 12.8 Å². The molecule has 25 heavy (non-hydrogen) atoms. The normalized spacial score (nSPS) is 25.8. The summed E-state index contributed by atoms with van der Waals surface area (Å²) in [6.07, 6.45) is 7.94. The number of aromatic nitrogens is 3. The van der Waals surface area contributed by atoms with Gasteiger partial charge in [0.25, 0.3) is 0 Å². The second-order valence-corrected chi connectivity index (χ2v) is 7.82. The van der Waals surface area contributed by atoms with E-state index in [-0.39, 0.29) is 17.5 Å². The number of nitrogens with zero attached hydrogens (tertiary/aromatic N) is 5. The number of rotatable bonds is 2. The average molecular weight is 347 g/mol. The third-order valence-electron chi connectivity index (χ3n) is 6.24. The monoisotopic (exact) mass is 347 g/mol. The van der Waals surface area contributed by atoms with E-state index >= 15 is 0 Å². The summed E-state index contributed by atoms with van der Waals surface area (Å²) >= 11 is 0. The van der Waals surface area contributed by atoms with Crippen molar-refractivity contribution in [2.75, 3.05) is 26.2 Å². The fourth-order valence-corrected chi connectivity index (χ4v) is 4.79. The SMILES string of the molecule is Cn1nc2n(c1=O)CC(C(=O)N1CCCN(C3CCCC3)CC1)CC2. The van der Waals surface area contributed by atoms with Gasteiger partial charge >= 0.3 is 5.69 Å². The smallest absolute Gasteiger partial charge is 0.341 e. The quantitative estimate of drug-likeness (QED) is 0.787. The van der Waals surface area contributed by atoms with Gasteiger partial charge in [0.15, 0.2) is 0 Å². The molecule has 0 bridgehead atoms. The molecule has 0 aromatic carbocycles. The van der Waals surface area contributed by atoms with E-state index in [9.17, 15) is 9.59 Å². The minimum absolute atomic E-state index is 0.0765. The first kappa shape index (κ1) is 16.8. The van der Waals surface area contributed by atoms with Crippen LogP contribution in [0.3, 0.4) is 0 Å². The van der Waals surface area contributed by atoms with Crippen molar-refractivity contribution in [3.8, 4) is 0 Å². The summed E-state index contributed by atoms with van der Waals surface area (Å²) < 4.78 is 3.07. The molecule has 0 radical (unpaired) electrons. The Bertz CT molecular complexity index is 688. The van der Waals surface area contributed by atoms with Crippen molar-refractivity contribution < 1.29 is 4.79 Å². The molecule has 138 valence electrons. The van der Waals surface area contributed by atoms with E-state index in [1.165, 1.54) is 30.4 Å². The van der Waals surface area contributed by atoms with E-state index in [1.54, 1.807) is 11.6 Å². The maximum atomic E-state index is 13.0. The lowest BCUT2D eigenvalue weighted by molar-refractivity contribution is -0.136. The van der Waals surface area contributed by atoms with Crippen molar-refractivity contribution in [1.29, 1.82) is 0 Å². The molecule has 1 aliphatic carbocycles. The summed E-state index contributed by atoms with van der Waals surface area (Å²) in [7, 11) is 1.68. The van der Waals surface area contributed by atoms with Crippen LogP contribution in [0, 0.1) is 5.92 Å². The summed E-state index contributed by atoms with van der Waals surface area (Å²) in [4.78, 5) is 29.8. The summed E-state index contributed by atoms with van der Waals surface area (Å²) in [6, 6.07) is 0.737. The van der Waals surface area contributed by atoms with Crippen LogP contribution in [0.2, 0.25) is 0 Å². The molecule has 2 fully saturated rings. The Morgan fingerprint density at radius 3 is 2.64 bits per heavy atom. The van der Waals surface area contributed by atoms with Crippen LogP contribution >= 0.6 is 0 Å². The van der Waals surface area contributed by atoms with Crippen LogP contribution in [-0.4, -0.2) is 62.3 Å². The maximum Gasteiger partial charge on any atom is 0.345 e. The van der Waals surface area contributed by atoms with Crippen molar-refractivity contribution in [2.24, 2.45) is 13.0 Å². The first-order valence-corrected chi connectivity index (χ1v) is 9.79. The minimum Gasteiger partial charge on any atom is -0.341 e. The molecule has 1 atom stereocenters. The second kappa shape index (κ2) is 6.94. The fraction of sp³-hybridized carbons (Fsp3) is 0.833. The molecule has 4 rings (SSSR count). The molecule has 1 saturated heterocycles. The number of hydrogen-bond acceptors (Lipinski definition) is 4. The minimum atomic E-state index is -0.101. The van der Waals surface area contributed by atoms with Crippen molar-refractivity contribution >= 4 is 5.91 Å². The number of hydrogen-bond donors (Lipinski definition) is 0. The van der Waals surface area contributed by atoms with Gasteiger partial charge < -0.3 is 4.90 Å². The molecule has 1 amide bonds. The highest BCUT2D eigenvalue weighted by atomic mass is 16.2. The second-order valence-electron chi connectivity index (χ2n) is 7.82. The predicted octanol–water partition coefficient (Wildman–Crippen LogP) is 0.621. The Labute approximate surface area is 148 Å². The molecule has 1 saturated carbocycles. The highest BCUT2D eigenvalue weighted by molar-refractivity contribution is 5.79. The summed E-state index contributed by atoms with van der Waals surface area (Å²) in [5, 5.41) is 4.26. The van der Waals surface area contributed by atoms with Crippen molar-refractivity contribution in [2.45, 2.75) is 57.5 Å². The zero-order valence-electron chi connectivity index (χ0n) is 15.2. The third-order valence-corrected chi connectivity index (χ3v) is 6.24. The Morgan fingerprint density at radius 1 is 1.04 bits per heavy atom. The molecule has 7 nitrogen and oxygen atoms in total. The Hall–Kier alpha value is -1.63. The number of fused-ring (bicyclic) bond motifs is 1. The van der Waals surface area contributed by atoms with Crippen LogP contribution in [0.5, 0.6) is 0 Å². The molecule has 1 unspecified atom stereocenters. The molecule has 0 N–H and O–H groups in total. The van der Waals surface area contributed by atoms with Crippen LogP contribution in [0.4, 0.5) is 0 Å². The van der Waals surface area contributed by atoms with Gasteiger partial charge in [-0.15, -0.1) is 0 Å². The van der Waals surface area contributed by atoms with E-state index in [1.807, 2.05) is 4.90 Å². The van der Waals surface area contributed by atoms with E-state index in [2.05, 4.69) is 10.00 Å². The number of carbonyl (C=O) groups excluding carboxylic acids is 1. The number of amides is 1. The van der Waals surface area contributed by atoms with E-state index in [0.717, 1.165) is 50.9 Å². The zero-order chi connectivity index (χ0) is 17.4. The van der Waals surface area contributed by atoms with Gasteiger partial charge in [-0.2, -0.15) is 5.10 Å². The third kappa shape index (κ3) is 3.26. The molecule has 0 spiro atoms. The number of aryl methyl sites for hydroxylation is 2. The van der Waals surface area contributed by atoms with Gasteiger partial charge in [0.2, 0.25) is 5.91 Å². The molecular weight excluding hydrogens is 318 g/mol. The van der Waals surface area contributed by atoms with Gasteiger partial charge in [-0.25, -0.2) is 9.48 Å². The lowest BCUT2D eigenvalue weighted by Crippen LogP contribution is -2.43. The van der Waals surface area contributed by atoms with E-state index in [4.69, 9.17) is 0 Å². The van der Waals surface area contributed by atoms with Crippen molar-refractivity contribution in [3.05, 3.63) is 16.3 Å². The Balaban J connectivity index is 1.39. The standard InChI is InChI=1S/C18H29N5O2/c1-20-18(25)23-13-14(7-8-16(23)19-20)17(24)22-10-4-9-21(11-12-22)15-5-2-3-6-15/h14-15H,2-13H2,1H3. The predicted molar refractivity (Wildman–Crippen MR) is 94.3 cm³/mol. The summed E-state index contributed by atoms with van der Waals surface area (Å²) in [5.74, 6) is 0.974. The van der Waals surface area contributed by atoms with E-state index in [0.29, 0.717) is 13.0 Å². The van der Waals surface area contributed by atoms with Gasteiger partial charge in [0, 0.05) is 52.2 Å². The average Bonchev–Trinajstić information content (AvgIpc) is 3.17. The van der Waals surface area contributed by atoms with Gasteiger partial charge in [-0.3, -0.25) is 14.3 Å². The topological polar surface area (TPSA) is 63.4 Å². The molecule has 3 heterocycles. The first-order valence-electron chi connectivity index (χ1n) is 9.79. The molecule has 2 aliphatic heterocycles. The first-order chi connectivity index (χ1) is 12.1. The lowest BCUT2D eigenvalue weighted by atomic mass is 9.97. The van der Waals surface area contributed by atoms with Crippen molar-refractivity contribution in [1.82, 2.24) is 24.1 Å². The highest BCUT2D eigenvalue weighted by Gasteiger charge is 2.32.